The number of aromatic hydroxyl groups is 1. The predicted octanol–water partition coefficient (Wildman–Crippen LogP) is 3.95. The highest BCUT2D eigenvalue weighted by molar-refractivity contribution is 5.89. The fraction of sp³-hybridized carbons (Fsp3) is 0.364. The van der Waals surface area contributed by atoms with E-state index in [0.29, 0.717) is 39.8 Å². The van der Waals surface area contributed by atoms with Crippen molar-refractivity contribution in [2.45, 2.75) is 64.7 Å². The van der Waals surface area contributed by atoms with E-state index in [-0.39, 0.29) is 62.2 Å². The van der Waals surface area contributed by atoms with Crippen LogP contribution in [0.1, 0.15) is 47.7 Å². The lowest BCUT2D eigenvalue weighted by molar-refractivity contribution is -0.138. The summed E-state index contributed by atoms with van der Waals surface area (Å²) in [6.45, 7) is 3.08. The third-order valence-electron chi connectivity index (χ3n) is 8.41. The lowest BCUT2D eigenvalue weighted by Gasteiger charge is -2.24. The molecular formula is C33H34F2N6O7. The van der Waals surface area contributed by atoms with Crippen LogP contribution in [0.3, 0.4) is 0 Å². The summed E-state index contributed by atoms with van der Waals surface area (Å²) in [4.78, 5) is 46.1. The third-order valence-corrected chi connectivity index (χ3v) is 8.41. The van der Waals surface area contributed by atoms with Crippen molar-refractivity contribution in [2.24, 2.45) is 0 Å². The minimum Gasteiger partial charge on any atom is -0.504 e. The number of nitrogens with one attached hydrogen (secondary N) is 2. The van der Waals surface area contributed by atoms with Crippen LogP contribution in [0.25, 0.3) is 11.5 Å². The molecule has 0 saturated carbocycles. The molecule has 15 heteroatoms. The molecule has 13 nitrogen and oxygen atoms in total. The zero-order valence-corrected chi connectivity index (χ0v) is 26.5. The largest absolute Gasteiger partial charge is 0.504 e. The highest BCUT2D eigenvalue weighted by Crippen LogP contribution is 2.39. The van der Waals surface area contributed by atoms with Gasteiger partial charge in [-0.2, -0.15) is 5.10 Å². The number of carbonyl (C=O) groups is 3. The normalized spacial score (nSPS) is 18.1. The number of nitrogens with zero attached hydrogens (tertiary/aromatic N) is 4. The number of phenolic OH excluding ortho intramolecular Hbond substituents is 1. The summed E-state index contributed by atoms with van der Waals surface area (Å²) in [5, 5.41) is 20.1. The summed E-state index contributed by atoms with van der Waals surface area (Å²) in [7, 11) is 1.49. The Hall–Kier alpha value is -5.47. The highest BCUT2D eigenvalue weighted by Gasteiger charge is 2.40. The van der Waals surface area contributed by atoms with Gasteiger partial charge in [-0.25, -0.2) is 13.8 Å². The average molecular weight is 665 g/mol. The number of benzene rings is 2. The second kappa shape index (κ2) is 13.3. The Morgan fingerprint density at radius 3 is 2.71 bits per heavy atom. The molecule has 1 fully saturated rings. The van der Waals surface area contributed by atoms with Gasteiger partial charge in [-0.05, 0) is 68.7 Å². The van der Waals surface area contributed by atoms with E-state index in [4.69, 9.17) is 13.9 Å². The Balaban J connectivity index is 1.26. The van der Waals surface area contributed by atoms with Crippen LogP contribution >= 0.6 is 0 Å². The number of fused-ring (bicyclic) bond motifs is 8. The maximum absolute atomic E-state index is 13.6. The SMILES string of the molecule is COc1ccc2cc1Oc1cc(ccc1O)CCC(=O)N1C[C@@H](NC(=O)Cn3nc(C(F)F)cc3C)C[C@H]1C(=O)NCc1nc-2oc1C. The van der Waals surface area contributed by atoms with Crippen molar-refractivity contribution in [3.63, 3.8) is 0 Å². The fourth-order valence-corrected chi connectivity index (χ4v) is 5.88. The number of oxazole rings is 1. The third kappa shape index (κ3) is 6.80. The Morgan fingerprint density at radius 2 is 1.96 bits per heavy atom. The Bertz CT molecular complexity index is 1870. The number of alkyl halides is 2. The summed E-state index contributed by atoms with van der Waals surface area (Å²) >= 11 is 0. The molecule has 252 valence electrons. The number of aryl methyl sites for hydroxylation is 3. The summed E-state index contributed by atoms with van der Waals surface area (Å²) in [5.74, 6) is 0.246. The quantitative estimate of drug-likeness (QED) is 0.287. The fourth-order valence-electron chi connectivity index (χ4n) is 5.88. The number of carbonyl (C=O) groups excluding carboxylic acids is 3. The van der Waals surface area contributed by atoms with E-state index < -0.39 is 36.0 Å². The van der Waals surface area contributed by atoms with Crippen molar-refractivity contribution in [1.29, 1.82) is 0 Å². The molecule has 0 unspecified atom stereocenters. The van der Waals surface area contributed by atoms with Crippen LogP contribution in [0, 0.1) is 13.8 Å². The number of halogens is 2. The molecule has 3 N–H and O–H groups in total. The van der Waals surface area contributed by atoms with Crippen LogP contribution in [0.15, 0.2) is 46.9 Å². The van der Waals surface area contributed by atoms with E-state index in [0.717, 1.165) is 0 Å². The summed E-state index contributed by atoms with van der Waals surface area (Å²) in [6, 6.07) is 9.61. The Morgan fingerprint density at radius 1 is 1.15 bits per heavy atom. The van der Waals surface area contributed by atoms with Gasteiger partial charge in [0, 0.05) is 30.3 Å². The second-order valence-electron chi connectivity index (χ2n) is 11.7. The van der Waals surface area contributed by atoms with Gasteiger partial charge in [0.25, 0.3) is 6.43 Å². The number of ether oxygens (including phenoxy) is 2. The van der Waals surface area contributed by atoms with Crippen LogP contribution in [-0.2, 0) is 33.9 Å². The van der Waals surface area contributed by atoms with Gasteiger partial charge in [-0.3, -0.25) is 19.1 Å². The van der Waals surface area contributed by atoms with Crippen molar-refractivity contribution in [2.75, 3.05) is 13.7 Å². The van der Waals surface area contributed by atoms with Crippen LogP contribution in [0.4, 0.5) is 8.78 Å². The van der Waals surface area contributed by atoms with E-state index in [1.54, 1.807) is 44.2 Å². The highest BCUT2D eigenvalue weighted by atomic mass is 19.3. The van der Waals surface area contributed by atoms with Crippen molar-refractivity contribution < 1.29 is 42.2 Å². The predicted molar refractivity (Wildman–Crippen MR) is 166 cm³/mol. The molecule has 6 rings (SSSR count). The van der Waals surface area contributed by atoms with Gasteiger partial charge in [0.05, 0.1) is 13.7 Å². The minimum absolute atomic E-state index is 0.0206. The molecule has 48 heavy (non-hydrogen) atoms. The minimum atomic E-state index is -2.77. The summed E-state index contributed by atoms with van der Waals surface area (Å²) in [6.07, 6.45) is -2.33. The number of phenols is 1. The number of amides is 3. The second-order valence-corrected chi connectivity index (χ2v) is 11.7. The number of hydrogen-bond acceptors (Lipinski definition) is 9. The zero-order valence-electron chi connectivity index (χ0n) is 26.5. The number of hydrogen-bond donors (Lipinski definition) is 3. The Kier molecular flexibility index (Phi) is 9.02. The van der Waals surface area contributed by atoms with Crippen molar-refractivity contribution in [3.8, 4) is 34.5 Å². The first kappa shape index (κ1) is 32.5. The molecule has 0 radical (unpaired) electrons. The van der Waals surface area contributed by atoms with Gasteiger partial charge in [0.1, 0.15) is 29.7 Å². The van der Waals surface area contributed by atoms with Gasteiger partial charge in [0.15, 0.2) is 23.0 Å². The molecule has 2 aliphatic heterocycles. The van der Waals surface area contributed by atoms with E-state index in [2.05, 4.69) is 20.7 Å². The van der Waals surface area contributed by atoms with E-state index in [1.165, 1.54) is 28.8 Å². The molecule has 0 aliphatic carbocycles. The standard InChI is InChI=1S/C33H34F2N6O7/c1-17-10-22(31(34)35)39-41(17)16-29(43)37-21-13-24-32(45)36-14-23-18(2)47-33(38-23)20-6-8-26(46-3)28(12-20)48-27-11-19(4-7-25(27)42)5-9-30(44)40(24)15-21/h4,6-8,10-12,21,24,31,42H,5,9,13-16H2,1-3H3,(H,36,45)(H,37,43)/t21-,24-/m0/s1. The topological polar surface area (TPSA) is 161 Å². The molecular weight excluding hydrogens is 630 g/mol. The zero-order chi connectivity index (χ0) is 34.1. The van der Waals surface area contributed by atoms with Gasteiger partial charge in [0.2, 0.25) is 23.6 Å². The molecule has 6 bridgehead atoms. The van der Waals surface area contributed by atoms with Gasteiger partial charge in [-0.15, -0.1) is 0 Å². The number of rotatable bonds is 5. The van der Waals surface area contributed by atoms with Crippen LogP contribution < -0.4 is 20.1 Å². The van der Waals surface area contributed by atoms with E-state index in [1.807, 2.05) is 0 Å². The molecule has 2 aromatic carbocycles. The summed E-state index contributed by atoms with van der Waals surface area (Å²) in [5.41, 5.74) is 1.72. The first-order valence-electron chi connectivity index (χ1n) is 15.3. The molecule has 2 aliphatic rings. The molecule has 2 atom stereocenters. The lowest BCUT2D eigenvalue weighted by Crippen LogP contribution is -2.46. The first-order chi connectivity index (χ1) is 23.0. The van der Waals surface area contributed by atoms with Gasteiger partial charge in [-0.1, -0.05) is 6.07 Å². The monoisotopic (exact) mass is 664 g/mol. The van der Waals surface area contributed by atoms with Crippen LogP contribution in [-0.4, -0.2) is 68.2 Å². The van der Waals surface area contributed by atoms with Crippen LogP contribution in [0.5, 0.6) is 23.0 Å². The smallest absolute Gasteiger partial charge is 0.282 e. The van der Waals surface area contributed by atoms with Gasteiger partial charge < -0.3 is 34.5 Å². The van der Waals surface area contributed by atoms with E-state index >= 15 is 0 Å². The molecule has 3 amide bonds. The average Bonchev–Trinajstić information content (AvgIpc) is 3.76. The van der Waals surface area contributed by atoms with Crippen molar-refractivity contribution in [1.82, 2.24) is 30.3 Å². The maximum Gasteiger partial charge on any atom is 0.282 e. The maximum atomic E-state index is 13.6. The lowest BCUT2D eigenvalue weighted by atomic mass is 10.1. The molecule has 4 heterocycles. The van der Waals surface area contributed by atoms with Crippen molar-refractivity contribution >= 4 is 17.7 Å². The van der Waals surface area contributed by atoms with Crippen LogP contribution in [0.2, 0.25) is 0 Å². The first-order valence-corrected chi connectivity index (χ1v) is 15.3. The molecule has 1 saturated heterocycles. The number of methoxy groups -OCH3 is 1. The molecule has 0 spiro atoms. The summed E-state index contributed by atoms with van der Waals surface area (Å²) < 4.78 is 44.8. The van der Waals surface area contributed by atoms with Gasteiger partial charge >= 0.3 is 0 Å². The Labute approximate surface area is 273 Å². The van der Waals surface area contributed by atoms with E-state index in [9.17, 15) is 28.3 Å². The van der Waals surface area contributed by atoms with Crippen molar-refractivity contribution in [3.05, 3.63) is 70.9 Å². The molecule has 2 aromatic heterocycles. The molecule has 4 aromatic rings. The number of aromatic nitrogens is 3.